The molecule has 3 aliphatic carbocycles. The first kappa shape index (κ1) is 12.0. The Morgan fingerprint density at radius 3 is 2.29 bits per heavy atom. The van der Waals surface area contributed by atoms with Gasteiger partial charge in [-0.05, 0) is 67.7 Å². The summed E-state index contributed by atoms with van der Waals surface area (Å²) in [6.45, 7) is 8.20. The van der Waals surface area contributed by atoms with Crippen LogP contribution in [0.5, 0.6) is 0 Å². The predicted molar refractivity (Wildman–Crippen MR) is 72.8 cm³/mol. The van der Waals surface area contributed by atoms with E-state index in [1.165, 1.54) is 12.8 Å². The van der Waals surface area contributed by atoms with Crippen molar-refractivity contribution in [3.05, 3.63) is 0 Å². The fourth-order valence-corrected chi connectivity index (χ4v) is 5.17. The molecule has 0 saturated heterocycles. The quantitative estimate of drug-likeness (QED) is 0.740. The van der Waals surface area contributed by atoms with Crippen molar-refractivity contribution < 1.29 is 0 Å². The van der Waals surface area contributed by atoms with Gasteiger partial charge >= 0.3 is 0 Å². The fraction of sp³-hybridized carbons (Fsp3) is 1.00. The van der Waals surface area contributed by atoms with Crippen LogP contribution < -0.4 is 5.32 Å². The molecule has 0 aromatic heterocycles. The Hall–Kier alpha value is -0.0400. The Balaban J connectivity index is 1.62. The lowest BCUT2D eigenvalue weighted by Gasteiger charge is -2.24. The summed E-state index contributed by atoms with van der Waals surface area (Å²) >= 11 is 0. The van der Waals surface area contributed by atoms with Gasteiger partial charge < -0.3 is 5.32 Å². The third-order valence-electron chi connectivity index (χ3n) is 6.08. The van der Waals surface area contributed by atoms with E-state index in [4.69, 9.17) is 0 Å². The number of fused-ring (bicyclic) bond motifs is 5. The molecule has 1 nitrogen and oxygen atoms in total. The first-order chi connectivity index (χ1) is 8.26. The van der Waals surface area contributed by atoms with E-state index in [2.05, 4.69) is 26.1 Å². The highest BCUT2D eigenvalue weighted by Crippen LogP contribution is 2.70. The van der Waals surface area contributed by atoms with Gasteiger partial charge in [0.2, 0.25) is 0 Å². The normalized spacial score (nSPS) is 45.7. The van der Waals surface area contributed by atoms with Crippen LogP contribution in [-0.4, -0.2) is 12.6 Å². The van der Waals surface area contributed by atoms with Crippen LogP contribution in [0.4, 0.5) is 0 Å². The topological polar surface area (TPSA) is 12.0 Å². The van der Waals surface area contributed by atoms with Crippen molar-refractivity contribution >= 4 is 0 Å². The van der Waals surface area contributed by atoms with Gasteiger partial charge in [0.25, 0.3) is 0 Å². The minimum Gasteiger partial charge on any atom is -0.314 e. The Morgan fingerprint density at radius 1 is 1.12 bits per heavy atom. The van der Waals surface area contributed by atoms with E-state index in [1.807, 2.05) is 0 Å². The molecule has 1 heteroatoms. The summed E-state index contributed by atoms with van der Waals surface area (Å²) in [6, 6.07) is 0.841. The molecule has 0 radical (unpaired) electrons. The Kier molecular flexibility index (Phi) is 3.23. The second-order valence-corrected chi connectivity index (χ2v) is 6.98. The number of hydrogen-bond acceptors (Lipinski definition) is 1. The van der Waals surface area contributed by atoms with Crippen LogP contribution in [0.15, 0.2) is 0 Å². The van der Waals surface area contributed by atoms with E-state index >= 15 is 0 Å². The molecule has 0 aromatic carbocycles. The van der Waals surface area contributed by atoms with Crippen LogP contribution in [0.1, 0.15) is 52.9 Å². The van der Waals surface area contributed by atoms with Gasteiger partial charge in [0.15, 0.2) is 0 Å². The zero-order valence-corrected chi connectivity index (χ0v) is 11.8. The summed E-state index contributed by atoms with van der Waals surface area (Å²) in [5.41, 5.74) is 0. The molecule has 6 atom stereocenters. The molecule has 1 N–H and O–H groups in total. The van der Waals surface area contributed by atoms with E-state index in [9.17, 15) is 0 Å². The van der Waals surface area contributed by atoms with Crippen molar-refractivity contribution in [3.63, 3.8) is 0 Å². The van der Waals surface area contributed by atoms with Crippen LogP contribution in [0.3, 0.4) is 0 Å². The second-order valence-electron chi connectivity index (χ2n) is 6.98. The van der Waals surface area contributed by atoms with E-state index in [0.29, 0.717) is 0 Å². The van der Waals surface area contributed by atoms with Crippen molar-refractivity contribution in [2.24, 2.45) is 35.5 Å². The van der Waals surface area contributed by atoms with Crippen LogP contribution in [-0.2, 0) is 0 Å². The zero-order chi connectivity index (χ0) is 12.0. The van der Waals surface area contributed by atoms with Gasteiger partial charge in [-0.2, -0.15) is 0 Å². The summed E-state index contributed by atoms with van der Waals surface area (Å²) in [5, 5.41) is 3.81. The Morgan fingerprint density at radius 2 is 1.76 bits per heavy atom. The number of nitrogens with one attached hydrogen (secondary N) is 1. The molecule has 3 rings (SSSR count). The summed E-state index contributed by atoms with van der Waals surface area (Å²) < 4.78 is 0. The fourth-order valence-electron chi connectivity index (χ4n) is 5.17. The van der Waals surface area contributed by atoms with E-state index in [-0.39, 0.29) is 0 Å². The number of hydrogen-bond donors (Lipinski definition) is 1. The minimum absolute atomic E-state index is 0.841. The monoisotopic (exact) mass is 235 g/mol. The van der Waals surface area contributed by atoms with Gasteiger partial charge in [-0.15, -0.1) is 0 Å². The zero-order valence-electron chi connectivity index (χ0n) is 11.8. The summed E-state index contributed by atoms with van der Waals surface area (Å²) in [5.74, 6) is 6.51. The third kappa shape index (κ3) is 1.95. The average Bonchev–Trinajstić information content (AvgIpc) is 2.76. The highest BCUT2D eigenvalue weighted by molar-refractivity contribution is 5.15. The molecule has 0 heterocycles. The van der Waals surface area contributed by atoms with Gasteiger partial charge in [0.1, 0.15) is 0 Å². The number of rotatable bonds is 6. The summed E-state index contributed by atoms with van der Waals surface area (Å²) in [4.78, 5) is 0. The maximum atomic E-state index is 3.81. The molecular formula is C16H29N. The third-order valence-corrected chi connectivity index (χ3v) is 6.08. The van der Waals surface area contributed by atoms with Crippen LogP contribution >= 0.6 is 0 Å². The van der Waals surface area contributed by atoms with E-state index < -0.39 is 0 Å². The molecule has 3 fully saturated rings. The van der Waals surface area contributed by atoms with Gasteiger partial charge in [-0.3, -0.25) is 0 Å². The standard InChI is InChI=1S/C16H29N/c1-4-10(3)8-13(17-5-2)16-14-11-6-7-12(9-11)15(14)16/h10-17H,4-9H2,1-3H3. The van der Waals surface area contributed by atoms with Crippen LogP contribution in [0.2, 0.25) is 0 Å². The SMILES string of the molecule is CCNC(CC(C)CC)C1C2C3CCC(C3)C21. The van der Waals surface area contributed by atoms with Crippen molar-refractivity contribution in [2.45, 2.75) is 58.9 Å². The van der Waals surface area contributed by atoms with Crippen molar-refractivity contribution in [2.75, 3.05) is 6.54 Å². The molecule has 0 amide bonds. The van der Waals surface area contributed by atoms with E-state index in [1.54, 1.807) is 19.3 Å². The lowest BCUT2D eigenvalue weighted by molar-refractivity contribution is 0.314. The predicted octanol–water partition coefficient (Wildman–Crippen LogP) is 3.69. The maximum absolute atomic E-state index is 3.81. The second kappa shape index (κ2) is 4.57. The largest absolute Gasteiger partial charge is 0.314 e. The molecule has 0 spiro atoms. The molecule has 3 aliphatic rings. The minimum atomic E-state index is 0.841. The van der Waals surface area contributed by atoms with Crippen molar-refractivity contribution in [3.8, 4) is 0 Å². The molecule has 2 bridgehead atoms. The van der Waals surface area contributed by atoms with Crippen molar-refractivity contribution in [1.82, 2.24) is 5.32 Å². The van der Waals surface area contributed by atoms with Gasteiger partial charge in [0.05, 0.1) is 0 Å². The molecule has 17 heavy (non-hydrogen) atoms. The van der Waals surface area contributed by atoms with Gasteiger partial charge in [0, 0.05) is 6.04 Å². The van der Waals surface area contributed by atoms with Crippen LogP contribution in [0, 0.1) is 35.5 Å². The first-order valence-corrected chi connectivity index (χ1v) is 7.99. The molecule has 0 aliphatic heterocycles. The molecular weight excluding hydrogens is 206 g/mol. The lowest BCUT2D eigenvalue weighted by atomic mass is 9.90. The molecule has 6 unspecified atom stereocenters. The Labute approximate surface area is 107 Å². The van der Waals surface area contributed by atoms with Crippen molar-refractivity contribution in [1.29, 1.82) is 0 Å². The maximum Gasteiger partial charge on any atom is 0.0103 e. The highest BCUT2D eigenvalue weighted by Gasteiger charge is 2.66. The van der Waals surface area contributed by atoms with Crippen LogP contribution in [0.25, 0.3) is 0 Å². The molecule has 98 valence electrons. The Bertz CT molecular complexity index is 259. The highest BCUT2D eigenvalue weighted by atomic mass is 14.9. The van der Waals surface area contributed by atoms with Gasteiger partial charge in [-0.25, -0.2) is 0 Å². The molecule has 3 saturated carbocycles. The average molecular weight is 235 g/mol. The smallest absolute Gasteiger partial charge is 0.0103 e. The van der Waals surface area contributed by atoms with Gasteiger partial charge in [-0.1, -0.05) is 27.2 Å². The molecule has 0 aromatic rings. The lowest BCUT2D eigenvalue weighted by Crippen LogP contribution is -2.34. The summed E-state index contributed by atoms with van der Waals surface area (Å²) in [7, 11) is 0. The first-order valence-electron chi connectivity index (χ1n) is 7.99. The summed E-state index contributed by atoms with van der Waals surface area (Å²) in [6.07, 6.45) is 7.47. The van der Waals surface area contributed by atoms with E-state index in [0.717, 1.165) is 48.1 Å².